The lowest BCUT2D eigenvalue weighted by Crippen LogP contribution is -2.31. The summed E-state index contributed by atoms with van der Waals surface area (Å²) < 4.78 is 0. The van der Waals surface area contributed by atoms with Crippen LogP contribution in [0.5, 0.6) is 0 Å². The molecule has 5 rings (SSSR count). The number of allylic oxidation sites excluding steroid dienone is 3. The lowest BCUT2D eigenvalue weighted by atomic mass is 9.85. The summed E-state index contributed by atoms with van der Waals surface area (Å²) in [6.07, 6.45) is 10.7. The van der Waals surface area contributed by atoms with Crippen LogP contribution in [0, 0.1) is 0 Å². The van der Waals surface area contributed by atoms with Crippen molar-refractivity contribution in [2.45, 2.75) is 125 Å². The lowest BCUT2D eigenvalue weighted by Gasteiger charge is -2.21. The fourth-order valence-electron chi connectivity index (χ4n) is 6.28. The first kappa shape index (κ1) is 38.6. The zero-order chi connectivity index (χ0) is 35.8. The van der Waals surface area contributed by atoms with Crippen LogP contribution >= 0.6 is 0 Å². The van der Waals surface area contributed by atoms with Crippen LogP contribution in [0.1, 0.15) is 120 Å². The summed E-state index contributed by atoms with van der Waals surface area (Å²) in [5.74, 6) is 0. The molecular formula is C47H63N. The smallest absolute Gasteiger partial charge is 0.0444 e. The Hall–Kier alpha value is -3.84. The predicted molar refractivity (Wildman–Crippen MR) is 215 cm³/mol. The lowest BCUT2D eigenvalue weighted by molar-refractivity contribution is 0.538. The Morgan fingerprint density at radius 2 is 0.938 bits per heavy atom. The highest BCUT2D eigenvalue weighted by Gasteiger charge is 2.61. The van der Waals surface area contributed by atoms with Gasteiger partial charge in [0.05, 0.1) is 0 Å². The predicted octanol–water partition coefficient (Wildman–Crippen LogP) is 13.8. The average molecular weight is 642 g/mol. The van der Waals surface area contributed by atoms with Crippen LogP contribution in [0.15, 0.2) is 115 Å². The molecule has 0 radical (unpaired) electrons. The molecule has 0 aliphatic heterocycles. The van der Waals surface area contributed by atoms with Crippen molar-refractivity contribution in [1.82, 2.24) is 5.32 Å². The van der Waals surface area contributed by atoms with Crippen LogP contribution in [0.25, 0.3) is 33.4 Å². The van der Waals surface area contributed by atoms with E-state index in [-0.39, 0.29) is 21.8 Å². The van der Waals surface area contributed by atoms with Crippen LogP contribution in [-0.4, -0.2) is 5.54 Å². The number of hydrogen-bond acceptors (Lipinski definition) is 1. The van der Waals surface area contributed by atoms with Gasteiger partial charge in [-0.05, 0) is 111 Å². The number of benzene rings is 4. The fourth-order valence-corrected chi connectivity index (χ4v) is 6.28. The molecule has 0 saturated heterocycles. The van der Waals surface area contributed by atoms with Gasteiger partial charge in [0.25, 0.3) is 0 Å². The van der Waals surface area contributed by atoms with Gasteiger partial charge in [-0.2, -0.15) is 0 Å². The minimum atomic E-state index is 0.0661. The summed E-state index contributed by atoms with van der Waals surface area (Å²) in [7, 11) is 0. The molecule has 4 aromatic carbocycles. The van der Waals surface area contributed by atoms with Crippen molar-refractivity contribution in [3.05, 3.63) is 132 Å². The van der Waals surface area contributed by atoms with Crippen LogP contribution in [0.2, 0.25) is 0 Å². The molecule has 1 nitrogen and oxygen atoms in total. The van der Waals surface area contributed by atoms with Gasteiger partial charge in [0.15, 0.2) is 0 Å². The molecule has 4 aromatic rings. The standard InChI is InChI=1S/C43H51N.2C2H6/c1-10-11-12-13-26-44-43(9)30-42(43,8)39-24-18-33(19-25-39)36-28-34(31-14-20-37(21-15-31)40(2,3)4)27-35(29-36)32-16-22-38(23-17-32)41(5,6)7;2*1-2/h11-29,44H,10,30H2,1-9H3;2*1-2H3/b12-11-,26-13-;;. The fraction of sp³-hybridized carbons (Fsp3) is 0.404. The van der Waals surface area contributed by atoms with Crippen LogP contribution < -0.4 is 5.32 Å². The van der Waals surface area contributed by atoms with Crippen molar-refractivity contribution >= 4 is 0 Å². The Morgan fingerprint density at radius 3 is 1.29 bits per heavy atom. The second-order valence-electron chi connectivity index (χ2n) is 15.2. The third-order valence-electron chi connectivity index (χ3n) is 9.74. The third-order valence-corrected chi connectivity index (χ3v) is 9.74. The van der Waals surface area contributed by atoms with Crippen LogP contribution in [-0.2, 0) is 16.2 Å². The Morgan fingerprint density at radius 1 is 0.562 bits per heavy atom. The van der Waals surface area contributed by atoms with E-state index in [0.717, 1.165) is 12.8 Å². The zero-order valence-electron chi connectivity index (χ0n) is 32.4. The largest absolute Gasteiger partial charge is 0.385 e. The second-order valence-corrected chi connectivity index (χ2v) is 15.2. The number of nitrogens with one attached hydrogen (secondary N) is 1. The van der Waals surface area contributed by atoms with E-state index in [1.54, 1.807) is 0 Å². The van der Waals surface area contributed by atoms with E-state index < -0.39 is 0 Å². The van der Waals surface area contributed by atoms with E-state index in [4.69, 9.17) is 0 Å². The molecule has 1 heteroatoms. The molecular weight excluding hydrogens is 579 g/mol. The molecule has 1 saturated carbocycles. The summed E-state index contributed by atoms with van der Waals surface area (Å²) in [5, 5.41) is 3.67. The van der Waals surface area contributed by atoms with Crippen molar-refractivity contribution in [2.24, 2.45) is 0 Å². The molecule has 256 valence electrons. The Balaban J connectivity index is 0.00000151. The maximum Gasteiger partial charge on any atom is 0.0444 e. The minimum Gasteiger partial charge on any atom is -0.385 e. The molecule has 48 heavy (non-hydrogen) atoms. The van der Waals surface area contributed by atoms with Gasteiger partial charge in [-0.3, -0.25) is 0 Å². The van der Waals surface area contributed by atoms with Crippen LogP contribution in [0.3, 0.4) is 0 Å². The van der Waals surface area contributed by atoms with Crippen LogP contribution in [0.4, 0.5) is 0 Å². The zero-order valence-corrected chi connectivity index (χ0v) is 32.4. The monoisotopic (exact) mass is 641 g/mol. The summed E-state index contributed by atoms with van der Waals surface area (Å²) in [6.45, 7) is 28.5. The van der Waals surface area contributed by atoms with Crippen molar-refractivity contribution in [1.29, 1.82) is 0 Å². The normalized spacial score (nSPS) is 18.9. The first-order chi connectivity index (χ1) is 22.7. The van der Waals surface area contributed by atoms with Gasteiger partial charge >= 0.3 is 0 Å². The summed E-state index contributed by atoms with van der Waals surface area (Å²) in [5.41, 5.74) is 12.0. The first-order valence-corrected chi connectivity index (χ1v) is 18.3. The molecule has 1 N–H and O–H groups in total. The van der Waals surface area contributed by atoms with Crippen molar-refractivity contribution in [2.75, 3.05) is 0 Å². The van der Waals surface area contributed by atoms with Gasteiger partial charge in [-0.1, -0.05) is 168 Å². The van der Waals surface area contributed by atoms with Gasteiger partial charge in [0.2, 0.25) is 0 Å². The first-order valence-electron chi connectivity index (χ1n) is 18.3. The maximum absolute atomic E-state index is 3.67. The van der Waals surface area contributed by atoms with Crippen molar-refractivity contribution in [3.8, 4) is 33.4 Å². The summed E-state index contributed by atoms with van der Waals surface area (Å²) in [4.78, 5) is 0. The maximum atomic E-state index is 3.67. The highest BCUT2D eigenvalue weighted by molar-refractivity contribution is 5.81. The highest BCUT2D eigenvalue weighted by Crippen LogP contribution is 2.57. The van der Waals surface area contributed by atoms with Gasteiger partial charge in [-0.15, -0.1) is 0 Å². The van der Waals surface area contributed by atoms with Gasteiger partial charge < -0.3 is 5.32 Å². The van der Waals surface area contributed by atoms with Crippen molar-refractivity contribution in [3.63, 3.8) is 0 Å². The molecule has 1 aliphatic rings. The topological polar surface area (TPSA) is 12.0 Å². The molecule has 0 bridgehead atoms. The molecule has 2 atom stereocenters. The third kappa shape index (κ3) is 8.98. The molecule has 0 heterocycles. The van der Waals surface area contributed by atoms with Gasteiger partial charge in [-0.25, -0.2) is 0 Å². The Labute approximate surface area is 294 Å². The summed E-state index contributed by atoms with van der Waals surface area (Å²) in [6, 6.07) is 34.6. The Bertz CT molecular complexity index is 1560. The molecule has 0 amide bonds. The highest BCUT2D eigenvalue weighted by atomic mass is 15.0. The molecule has 0 aromatic heterocycles. The van der Waals surface area contributed by atoms with E-state index in [1.165, 1.54) is 50.1 Å². The Kier molecular flexibility index (Phi) is 12.9. The van der Waals surface area contributed by atoms with Gasteiger partial charge in [0.1, 0.15) is 0 Å². The average Bonchev–Trinajstić information content (AvgIpc) is 3.66. The van der Waals surface area contributed by atoms with E-state index in [1.807, 2.05) is 27.7 Å². The van der Waals surface area contributed by atoms with E-state index in [2.05, 4.69) is 183 Å². The summed E-state index contributed by atoms with van der Waals surface area (Å²) >= 11 is 0. The van der Waals surface area contributed by atoms with E-state index in [9.17, 15) is 0 Å². The van der Waals surface area contributed by atoms with E-state index in [0.29, 0.717) is 0 Å². The minimum absolute atomic E-state index is 0.0661. The van der Waals surface area contributed by atoms with Crippen molar-refractivity contribution < 1.29 is 0 Å². The SMILES string of the molecule is CC.CC.CC/C=C\C=C/NC1(C)CC1(C)c1ccc(-c2cc(-c3ccc(C(C)(C)C)cc3)cc(-c3ccc(C(C)(C)C)cc3)c2)cc1. The van der Waals surface area contributed by atoms with Gasteiger partial charge in [0, 0.05) is 11.0 Å². The van der Waals surface area contributed by atoms with E-state index >= 15 is 0 Å². The molecule has 1 aliphatic carbocycles. The number of rotatable bonds is 8. The quantitative estimate of drug-likeness (QED) is 0.189. The molecule has 2 unspecified atom stereocenters. The number of hydrogen-bond donors (Lipinski definition) is 1. The molecule has 1 fully saturated rings. The second kappa shape index (κ2) is 16.0. The molecule has 0 spiro atoms.